The molecule has 1 fully saturated rings. The molecule has 0 aliphatic carbocycles. The number of anilines is 1. The van der Waals surface area contributed by atoms with Crippen molar-refractivity contribution in [2.75, 3.05) is 45.3 Å². The van der Waals surface area contributed by atoms with E-state index in [1.54, 1.807) is 26.4 Å². The van der Waals surface area contributed by atoms with Crippen LogP contribution in [0.15, 0.2) is 60.7 Å². The zero-order valence-electron chi connectivity index (χ0n) is 17.1. The van der Waals surface area contributed by atoms with Gasteiger partial charge in [-0.25, -0.2) is 0 Å². The molecule has 1 saturated heterocycles. The van der Waals surface area contributed by atoms with Crippen molar-refractivity contribution in [2.45, 2.75) is 0 Å². The Bertz CT molecular complexity index is 978. The Balaban J connectivity index is 1.44. The lowest BCUT2D eigenvalue weighted by Crippen LogP contribution is -2.49. The summed E-state index contributed by atoms with van der Waals surface area (Å²) < 4.78 is 10.8. The summed E-state index contributed by atoms with van der Waals surface area (Å²) in [5.74, 6) is 1.76. The molecule has 0 saturated carbocycles. The maximum atomic E-state index is 13.1. The summed E-state index contributed by atoms with van der Waals surface area (Å²) in [5.41, 5.74) is 2.34. The topological polar surface area (TPSA) is 67.8 Å². The minimum absolute atomic E-state index is 0.0885. The second-order valence-electron chi connectivity index (χ2n) is 6.96. The van der Waals surface area contributed by atoms with Gasteiger partial charge in [-0.2, -0.15) is 0 Å². The molecule has 3 aromatic rings. The van der Waals surface area contributed by atoms with Gasteiger partial charge in [-0.15, -0.1) is 10.2 Å². The first-order chi connectivity index (χ1) is 14.7. The Morgan fingerprint density at radius 1 is 0.800 bits per heavy atom. The number of ether oxygens (including phenoxy) is 2. The van der Waals surface area contributed by atoms with Crippen LogP contribution in [0.4, 0.5) is 5.82 Å². The van der Waals surface area contributed by atoms with Crippen LogP contribution < -0.4 is 14.4 Å². The van der Waals surface area contributed by atoms with E-state index >= 15 is 0 Å². The fourth-order valence-corrected chi connectivity index (χ4v) is 3.62. The van der Waals surface area contributed by atoms with Crippen molar-refractivity contribution in [3.63, 3.8) is 0 Å². The Hall–Kier alpha value is -3.61. The number of methoxy groups -OCH3 is 2. The Labute approximate surface area is 175 Å². The SMILES string of the molecule is COc1cccc(OC)c1C(=O)N1CCN(c2ccc(-c3ccccc3)nn2)CC1. The van der Waals surface area contributed by atoms with E-state index in [0.717, 1.165) is 17.1 Å². The van der Waals surface area contributed by atoms with Crippen molar-refractivity contribution in [1.29, 1.82) is 0 Å². The number of benzene rings is 2. The molecular formula is C23H24N4O3. The number of piperazine rings is 1. The second kappa shape index (κ2) is 8.82. The van der Waals surface area contributed by atoms with Gasteiger partial charge in [0.1, 0.15) is 17.1 Å². The molecule has 0 N–H and O–H groups in total. The van der Waals surface area contributed by atoms with Gasteiger partial charge in [0.05, 0.1) is 19.9 Å². The van der Waals surface area contributed by atoms with Crippen LogP contribution in [-0.2, 0) is 0 Å². The van der Waals surface area contributed by atoms with E-state index in [-0.39, 0.29) is 5.91 Å². The van der Waals surface area contributed by atoms with Crippen LogP contribution in [0.5, 0.6) is 11.5 Å². The van der Waals surface area contributed by atoms with Crippen molar-refractivity contribution in [3.8, 4) is 22.8 Å². The summed E-state index contributed by atoms with van der Waals surface area (Å²) in [6.45, 7) is 2.54. The molecule has 1 aliphatic heterocycles. The summed E-state index contributed by atoms with van der Waals surface area (Å²) >= 11 is 0. The number of carbonyl (C=O) groups excluding carboxylic acids is 1. The van der Waals surface area contributed by atoms with E-state index in [9.17, 15) is 4.79 Å². The standard InChI is InChI=1S/C23H24N4O3/c1-29-19-9-6-10-20(30-2)22(19)23(28)27-15-13-26(14-16-27)21-12-11-18(24-25-21)17-7-4-3-5-8-17/h3-12H,13-16H2,1-2H3. The molecule has 0 unspecified atom stereocenters. The summed E-state index contributed by atoms with van der Waals surface area (Å²) in [4.78, 5) is 17.1. The van der Waals surface area contributed by atoms with Crippen molar-refractivity contribution in [3.05, 3.63) is 66.2 Å². The van der Waals surface area contributed by atoms with Crippen LogP contribution in [0.25, 0.3) is 11.3 Å². The quantitative estimate of drug-likeness (QED) is 0.651. The normalized spacial score (nSPS) is 13.8. The molecule has 154 valence electrons. The largest absolute Gasteiger partial charge is 0.496 e. The van der Waals surface area contributed by atoms with Gasteiger partial charge in [0.2, 0.25) is 0 Å². The molecular weight excluding hydrogens is 380 g/mol. The maximum Gasteiger partial charge on any atom is 0.261 e. The third-order valence-electron chi connectivity index (χ3n) is 5.25. The lowest BCUT2D eigenvalue weighted by molar-refractivity contribution is 0.0739. The fourth-order valence-electron chi connectivity index (χ4n) is 3.62. The highest BCUT2D eigenvalue weighted by Gasteiger charge is 2.27. The minimum Gasteiger partial charge on any atom is -0.496 e. The summed E-state index contributed by atoms with van der Waals surface area (Å²) in [5, 5.41) is 8.76. The first-order valence-corrected chi connectivity index (χ1v) is 9.85. The summed E-state index contributed by atoms with van der Waals surface area (Å²) in [7, 11) is 3.11. The summed E-state index contributed by atoms with van der Waals surface area (Å²) in [6.07, 6.45) is 0. The highest BCUT2D eigenvalue weighted by Crippen LogP contribution is 2.30. The molecule has 2 heterocycles. The number of hydrogen-bond donors (Lipinski definition) is 0. The molecule has 0 radical (unpaired) electrons. The van der Waals surface area contributed by atoms with Gasteiger partial charge < -0.3 is 19.3 Å². The van der Waals surface area contributed by atoms with Crippen LogP contribution >= 0.6 is 0 Å². The lowest BCUT2D eigenvalue weighted by Gasteiger charge is -2.35. The first-order valence-electron chi connectivity index (χ1n) is 9.85. The van der Waals surface area contributed by atoms with Crippen LogP contribution in [0, 0.1) is 0 Å². The highest BCUT2D eigenvalue weighted by atomic mass is 16.5. The molecule has 1 aliphatic rings. The predicted octanol–water partition coefficient (Wildman–Crippen LogP) is 3.12. The molecule has 7 heteroatoms. The van der Waals surface area contributed by atoms with Gasteiger partial charge in [-0.1, -0.05) is 36.4 Å². The Morgan fingerprint density at radius 2 is 1.47 bits per heavy atom. The van der Waals surface area contributed by atoms with E-state index in [0.29, 0.717) is 43.2 Å². The van der Waals surface area contributed by atoms with E-state index in [4.69, 9.17) is 9.47 Å². The van der Waals surface area contributed by atoms with Gasteiger partial charge in [-0.05, 0) is 24.3 Å². The van der Waals surface area contributed by atoms with Gasteiger partial charge in [0, 0.05) is 31.7 Å². The Kier molecular flexibility index (Phi) is 5.79. The third-order valence-corrected chi connectivity index (χ3v) is 5.25. The van der Waals surface area contributed by atoms with Crippen molar-refractivity contribution in [2.24, 2.45) is 0 Å². The molecule has 0 atom stereocenters. The van der Waals surface area contributed by atoms with Crippen LogP contribution in [0.3, 0.4) is 0 Å². The van der Waals surface area contributed by atoms with E-state index in [1.165, 1.54) is 0 Å². The van der Waals surface area contributed by atoms with Gasteiger partial charge in [0.15, 0.2) is 5.82 Å². The predicted molar refractivity (Wildman–Crippen MR) is 115 cm³/mol. The van der Waals surface area contributed by atoms with Crippen molar-refractivity contribution >= 4 is 11.7 Å². The van der Waals surface area contributed by atoms with Crippen LogP contribution in [0.2, 0.25) is 0 Å². The molecule has 0 bridgehead atoms. The number of amides is 1. The average molecular weight is 404 g/mol. The summed E-state index contributed by atoms with van der Waals surface area (Å²) in [6, 6.07) is 19.3. The van der Waals surface area contributed by atoms with Crippen LogP contribution in [0.1, 0.15) is 10.4 Å². The number of aromatic nitrogens is 2. The molecule has 4 rings (SSSR count). The fraction of sp³-hybridized carbons (Fsp3) is 0.261. The molecule has 30 heavy (non-hydrogen) atoms. The second-order valence-corrected chi connectivity index (χ2v) is 6.96. The van der Waals surface area contributed by atoms with E-state index < -0.39 is 0 Å². The third kappa shape index (κ3) is 3.91. The monoisotopic (exact) mass is 404 g/mol. The molecule has 2 aromatic carbocycles. The highest BCUT2D eigenvalue weighted by molar-refractivity contribution is 5.99. The number of rotatable bonds is 5. The molecule has 0 spiro atoms. The minimum atomic E-state index is -0.0885. The molecule has 1 amide bonds. The first kappa shape index (κ1) is 19.7. The lowest BCUT2D eigenvalue weighted by atomic mass is 10.1. The van der Waals surface area contributed by atoms with Crippen molar-refractivity contribution in [1.82, 2.24) is 15.1 Å². The zero-order chi connectivity index (χ0) is 20.9. The van der Waals surface area contributed by atoms with E-state index in [1.807, 2.05) is 53.4 Å². The van der Waals surface area contributed by atoms with Gasteiger partial charge >= 0.3 is 0 Å². The maximum absolute atomic E-state index is 13.1. The smallest absolute Gasteiger partial charge is 0.261 e. The number of nitrogens with zero attached hydrogens (tertiary/aromatic N) is 4. The molecule has 7 nitrogen and oxygen atoms in total. The van der Waals surface area contributed by atoms with Crippen LogP contribution in [-0.4, -0.2) is 61.4 Å². The van der Waals surface area contributed by atoms with E-state index in [2.05, 4.69) is 15.1 Å². The van der Waals surface area contributed by atoms with Gasteiger partial charge in [0.25, 0.3) is 5.91 Å². The Morgan fingerprint density at radius 3 is 2.03 bits per heavy atom. The number of hydrogen-bond acceptors (Lipinski definition) is 6. The zero-order valence-corrected chi connectivity index (χ0v) is 17.1. The number of carbonyl (C=O) groups is 1. The van der Waals surface area contributed by atoms with Gasteiger partial charge in [-0.3, -0.25) is 4.79 Å². The van der Waals surface area contributed by atoms with Crippen molar-refractivity contribution < 1.29 is 14.3 Å². The average Bonchev–Trinajstić information content (AvgIpc) is 2.83. The molecule has 1 aromatic heterocycles.